The molecule has 114 valence electrons. The molecule has 0 aliphatic heterocycles. The molecule has 0 fully saturated rings. The number of nitrogens with zero attached hydrogens (tertiary/aromatic N) is 3. The summed E-state index contributed by atoms with van der Waals surface area (Å²) in [6.07, 6.45) is -2.46. The topological polar surface area (TPSA) is 76.9 Å². The molecule has 0 aliphatic rings. The Morgan fingerprint density at radius 2 is 2.05 bits per heavy atom. The molecule has 11 heteroatoms. The van der Waals surface area contributed by atoms with Crippen LogP contribution in [0.2, 0.25) is 0 Å². The van der Waals surface area contributed by atoms with Gasteiger partial charge >= 0.3 is 6.18 Å². The summed E-state index contributed by atoms with van der Waals surface area (Å²) in [7, 11) is -2.73. The maximum atomic E-state index is 12.6. The van der Waals surface area contributed by atoms with Crippen molar-refractivity contribution < 1.29 is 21.6 Å². The van der Waals surface area contributed by atoms with E-state index in [1.165, 1.54) is 13.2 Å². The van der Waals surface area contributed by atoms with Crippen LogP contribution in [0.5, 0.6) is 0 Å². The van der Waals surface area contributed by atoms with Crippen molar-refractivity contribution in [2.24, 2.45) is 7.05 Å². The second-order valence-corrected chi connectivity index (χ2v) is 6.41. The van der Waals surface area contributed by atoms with Crippen LogP contribution >= 0.6 is 15.9 Å². The Morgan fingerprint density at radius 1 is 1.38 bits per heavy atom. The Hall–Kier alpha value is -1.62. The van der Waals surface area contributed by atoms with Gasteiger partial charge in [-0.2, -0.15) is 26.7 Å². The maximum absolute atomic E-state index is 12.6. The summed E-state index contributed by atoms with van der Waals surface area (Å²) in [5, 5.41) is 3.51. The molecule has 0 atom stereocenters. The molecule has 2 aromatic heterocycles. The van der Waals surface area contributed by atoms with E-state index in [9.17, 15) is 21.6 Å². The molecule has 0 unspecified atom stereocenters. The number of alkyl halides is 3. The molecule has 2 aromatic rings. The number of aromatic nitrogens is 3. The SMILES string of the molecule is Cn1ncc(Br)c1S(=O)(=O)Nc1cc(C(F)(F)F)ccn1. The zero-order chi connectivity index (χ0) is 15.8. The van der Waals surface area contributed by atoms with Crippen molar-refractivity contribution in [1.82, 2.24) is 14.8 Å². The third-order valence-corrected chi connectivity index (χ3v) is 4.74. The van der Waals surface area contributed by atoms with E-state index in [0.717, 1.165) is 16.9 Å². The highest BCUT2D eigenvalue weighted by Gasteiger charge is 2.31. The lowest BCUT2D eigenvalue weighted by atomic mass is 10.2. The van der Waals surface area contributed by atoms with E-state index in [1.54, 1.807) is 0 Å². The minimum absolute atomic E-state index is 0.185. The number of hydrogen-bond acceptors (Lipinski definition) is 4. The first-order valence-electron chi connectivity index (χ1n) is 5.35. The molecular weight excluding hydrogens is 377 g/mol. The number of sulfonamides is 1. The lowest BCUT2D eigenvalue weighted by Crippen LogP contribution is -2.18. The standard InChI is InChI=1S/C10H8BrF3N4O2S/c1-18-9(7(11)5-16-18)21(19,20)17-8-4-6(2-3-15-8)10(12,13)14/h2-5H,1H3,(H,15,17). The summed E-state index contributed by atoms with van der Waals surface area (Å²) in [6.45, 7) is 0. The Labute approximate surface area is 126 Å². The minimum atomic E-state index is -4.59. The predicted molar refractivity (Wildman–Crippen MR) is 71.0 cm³/mol. The Kier molecular flexibility index (Phi) is 3.97. The molecular formula is C10H8BrF3N4O2S. The molecule has 6 nitrogen and oxygen atoms in total. The van der Waals surface area contributed by atoms with Crippen LogP contribution < -0.4 is 4.72 Å². The summed E-state index contributed by atoms with van der Waals surface area (Å²) >= 11 is 3.01. The highest BCUT2D eigenvalue weighted by Crippen LogP contribution is 2.30. The van der Waals surface area contributed by atoms with E-state index >= 15 is 0 Å². The van der Waals surface area contributed by atoms with Gasteiger partial charge in [-0.1, -0.05) is 0 Å². The summed E-state index contributed by atoms with van der Waals surface area (Å²) < 4.78 is 65.3. The Balaban J connectivity index is 2.38. The number of rotatable bonds is 3. The normalized spacial score (nSPS) is 12.4. The van der Waals surface area contributed by atoms with Crippen molar-refractivity contribution in [2.45, 2.75) is 11.2 Å². The van der Waals surface area contributed by atoms with E-state index in [2.05, 4.69) is 26.0 Å². The van der Waals surface area contributed by atoms with Gasteiger partial charge in [0, 0.05) is 13.2 Å². The third-order valence-electron chi connectivity index (χ3n) is 2.42. The summed E-state index contributed by atoms with van der Waals surface area (Å²) in [4.78, 5) is 3.57. The zero-order valence-corrected chi connectivity index (χ0v) is 12.8. The van der Waals surface area contributed by atoms with Crippen molar-refractivity contribution in [1.29, 1.82) is 0 Å². The Bertz CT molecular complexity index is 753. The summed E-state index contributed by atoms with van der Waals surface area (Å²) in [5.41, 5.74) is -1.00. The highest BCUT2D eigenvalue weighted by molar-refractivity contribution is 9.10. The van der Waals surface area contributed by atoms with Crippen molar-refractivity contribution in [3.63, 3.8) is 0 Å². The van der Waals surface area contributed by atoms with E-state index in [0.29, 0.717) is 6.07 Å². The molecule has 0 aliphatic carbocycles. The van der Waals surface area contributed by atoms with Gasteiger partial charge in [0.15, 0.2) is 5.03 Å². The van der Waals surface area contributed by atoms with Crippen molar-refractivity contribution in [2.75, 3.05) is 4.72 Å². The predicted octanol–water partition coefficient (Wildman–Crippen LogP) is 2.40. The molecule has 2 heterocycles. The molecule has 1 N–H and O–H groups in total. The minimum Gasteiger partial charge on any atom is -0.262 e. The molecule has 0 bridgehead atoms. The van der Waals surface area contributed by atoms with E-state index in [-0.39, 0.29) is 9.50 Å². The molecule has 0 saturated carbocycles. The second kappa shape index (κ2) is 5.30. The van der Waals surface area contributed by atoms with Crippen LogP contribution in [0.1, 0.15) is 5.56 Å². The van der Waals surface area contributed by atoms with Crippen LogP contribution in [0, 0.1) is 0 Å². The van der Waals surface area contributed by atoms with Gasteiger partial charge in [0.05, 0.1) is 16.2 Å². The average Bonchev–Trinajstić information content (AvgIpc) is 2.68. The first-order valence-corrected chi connectivity index (χ1v) is 7.62. The molecule has 2 rings (SSSR count). The third kappa shape index (κ3) is 3.35. The number of pyridine rings is 1. The number of aryl methyl sites for hydroxylation is 1. The Morgan fingerprint density at radius 3 is 2.57 bits per heavy atom. The fraction of sp³-hybridized carbons (Fsp3) is 0.200. The van der Waals surface area contributed by atoms with Crippen LogP contribution in [0.4, 0.5) is 19.0 Å². The fourth-order valence-electron chi connectivity index (χ4n) is 1.55. The van der Waals surface area contributed by atoms with Crippen molar-refractivity contribution >= 4 is 31.8 Å². The lowest BCUT2D eigenvalue weighted by molar-refractivity contribution is -0.137. The van der Waals surface area contributed by atoms with Crippen LogP contribution in [-0.2, 0) is 23.2 Å². The van der Waals surface area contributed by atoms with E-state index in [4.69, 9.17) is 0 Å². The molecule has 21 heavy (non-hydrogen) atoms. The smallest absolute Gasteiger partial charge is 0.262 e. The van der Waals surface area contributed by atoms with Crippen LogP contribution in [-0.4, -0.2) is 23.2 Å². The first-order chi connectivity index (χ1) is 9.61. The number of anilines is 1. The number of halogens is 4. The molecule has 0 amide bonds. The quantitative estimate of drug-likeness (QED) is 0.881. The van der Waals surface area contributed by atoms with Crippen LogP contribution in [0.3, 0.4) is 0 Å². The highest BCUT2D eigenvalue weighted by atomic mass is 79.9. The van der Waals surface area contributed by atoms with Crippen molar-refractivity contribution in [3.8, 4) is 0 Å². The van der Waals surface area contributed by atoms with Gasteiger partial charge in [-0.05, 0) is 28.1 Å². The number of nitrogens with one attached hydrogen (secondary N) is 1. The molecule has 0 saturated heterocycles. The largest absolute Gasteiger partial charge is 0.416 e. The average molecular weight is 385 g/mol. The second-order valence-electron chi connectivity index (χ2n) is 3.95. The van der Waals surface area contributed by atoms with Crippen LogP contribution in [0.15, 0.2) is 34.0 Å². The lowest BCUT2D eigenvalue weighted by Gasteiger charge is -2.10. The van der Waals surface area contributed by atoms with Gasteiger partial charge in [0.1, 0.15) is 5.82 Å². The monoisotopic (exact) mass is 384 g/mol. The van der Waals surface area contributed by atoms with Gasteiger partial charge in [0.25, 0.3) is 10.0 Å². The van der Waals surface area contributed by atoms with Gasteiger partial charge in [-0.3, -0.25) is 9.40 Å². The van der Waals surface area contributed by atoms with Gasteiger partial charge in [-0.25, -0.2) is 4.98 Å². The van der Waals surface area contributed by atoms with Gasteiger partial charge < -0.3 is 0 Å². The number of hydrogen-bond donors (Lipinski definition) is 1. The van der Waals surface area contributed by atoms with Crippen molar-refractivity contribution in [3.05, 3.63) is 34.6 Å². The summed E-state index contributed by atoms with van der Waals surface area (Å²) in [5.74, 6) is -0.432. The van der Waals surface area contributed by atoms with Crippen LogP contribution in [0.25, 0.3) is 0 Å². The molecule has 0 aromatic carbocycles. The molecule has 0 radical (unpaired) electrons. The first kappa shape index (κ1) is 15.8. The fourth-order valence-corrected chi connectivity index (χ4v) is 3.73. The zero-order valence-electron chi connectivity index (χ0n) is 10.4. The molecule has 0 spiro atoms. The van der Waals surface area contributed by atoms with E-state index in [1.807, 2.05) is 4.72 Å². The van der Waals surface area contributed by atoms with Gasteiger partial charge in [-0.15, -0.1) is 0 Å². The summed E-state index contributed by atoms with van der Waals surface area (Å²) in [6, 6.07) is 1.36. The van der Waals surface area contributed by atoms with E-state index < -0.39 is 27.6 Å². The maximum Gasteiger partial charge on any atom is 0.416 e. The van der Waals surface area contributed by atoms with Gasteiger partial charge in [0.2, 0.25) is 0 Å².